The number of imidazole rings is 1. The highest BCUT2D eigenvalue weighted by Crippen LogP contribution is 2.33. The zero-order valence-corrected chi connectivity index (χ0v) is 11.1. The van der Waals surface area contributed by atoms with E-state index in [4.69, 9.17) is 4.74 Å². The van der Waals surface area contributed by atoms with E-state index in [2.05, 4.69) is 15.9 Å². The Labute approximate surface area is 103 Å². The van der Waals surface area contributed by atoms with Crippen LogP contribution in [-0.4, -0.2) is 27.7 Å². The molecule has 0 amide bonds. The normalized spacial score (nSPS) is 19.9. The molecule has 1 saturated heterocycles. The monoisotopic (exact) mass is 288 g/mol. The molecule has 1 aromatic heterocycles. The van der Waals surface area contributed by atoms with Gasteiger partial charge in [-0.25, -0.2) is 4.79 Å². The Bertz CT molecular complexity index is 404. The number of rotatable bonds is 3. The second kappa shape index (κ2) is 4.75. The first-order valence-electron chi connectivity index (χ1n) is 5.52. The largest absolute Gasteiger partial charge is 0.381 e. The first-order valence-corrected chi connectivity index (χ1v) is 6.64. The summed E-state index contributed by atoms with van der Waals surface area (Å²) in [4.78, 5) is 11.8. The third-order valence-corrected chi connectivity index (χ3v) is 4.55. The molecule has 5 heteroatoms. The second-order valence-electron chi connectivity index (χ2n) is 4.57. The van der Waals surface area contributed by atoms with E-state index >= 15 is 0 Å². The third-order valence-electron chi connectivity index (χ3n) is 3.36. The first-order chi connectivity index (χ1) is 7.67. The van der Waals surface area contributed by atoms with Crippen LogP contribution in [0.2, 0.25) is 0 Å². The summed E-state index contributed by atoms with van der Waals surface area (Å²) in [5.41, 5.74) is 0.232. The molecule has 4 nitrogen and oxygen atoms in total. The molecule has 2 heterocycles. The van der Waals surface area contributed by atoms with Crippen molar-refractivity contribution < 1.29 is 4.74 Å². The summed E-state index contributed by atoms with van der Waals surface area (Å²) < 4.78 is 8.80. The quantitative estimate of drug-likeness (QED) is 0.788. The van der Waals surface area contributed by atoms with Gasteiger partial charge >= 0.3 is 5.69 Å². The lowest BCUT2D eigenvalue weighted by molar-refractivity contribution is 0.0181. The van der Waals surface area contributed by atoms with Crippen LogP contribution in [0.15, 0.2) is 17.2 Å². The van der Waals surface area contributed by atoms with Crippen molar-refractivity contribution in [2.45, 2.75) is 19.4 Å². The Balaban J connectivity index is 2.18. The molecule has 0 aromatic carbocycles. The summed E-state index contributed by atoms with van der Waals surface area (Å²) in [6.07, 6.45) is 5.70. The standard InChI is InChI=1S/C11H17BrN2O2/c1-13-4-5-14(10(13)15)9-11(8-12)2-6-16-7-3-11/h4-5H,2-3,6-9H2,1H3. The lowest BCUT2D eigenvalue weighted by atomic mass is 9.82. The Morgan fingerprint density at radius 1 is 1.44 bits per heavy atom. The average molecular weight is 289 g/mol. The van der Waals surface area contributed by atoms with Crippen LogP contribution in [0.3, 0.4) is 0 Å². The molecule has 0 spiro atoms. The Kier molecular flexibility index (Phi) is 3.54. The molecule has 1 aromatic rings. The van der Waals surface area contributed by atoms with E-state index in [9.17, 15) is 4.79 Å². The van der Waals surface area contributed by atoms with Crippen molar-refractivity contribution in [3.63, 3.8) is 0 Å². The molecule has 1 aliphatic rings. The Morgan fingerprint density at radius 2 is 2.12 bits per heavy atom. The van der Waals surface area contributed by atoms with E-state index in [0.717, 1.165) is 37.9 Å². The van der Waals surface area contributed by atoms with Crippen LogP contribution in [0, 0.1) is 5.41 Å². The lowest BCUT2D eigenvalue weighted by Gasteiger charge is -2.35. The molecular formula is C11H17BrN2O2. The molecule has 0 saturated carbocycles. The smallest absolute Gasteiger partial charge is 0.327 e. The van der Waals surface area contributed by atoms with Gasteiger partial charge in [0.1, 0.15) is 0 Å². The van der Waals surface area contributed by atoms with Crippen molar-refractivity contribution in [1.29, 1.82) is 0 Å². The van der Waals surface area contributed by atoms with Crippen molar-refractivity contribution in [3.8, 4) is 0 Å². The van der Waals surface area contributed by atoms with E-state index in [1.54, 1.807) is 16.2 Å². The zero-order chi connectivity index (χ0) is 11.6. The van der Waals surface area contributed by atoms with E-state index in [1.807, 2.05) is 12.4 Å². The summed E-state index contributed by atoms with van der Waals surface area (Å²) in [7, 11) is 1.78. The predicted molar refractivity (Wildman–Crippen MR) is 66.0 cm³/mol. The van der Waals surface area contributed by atoms with Crippen molar-refractivity contribution in [2.24, 2.45) is 12.5 Å². The second-order valence-corrected chi connectivity index (χ2v) is 5.13. The fraction of sp³-hybridized carbons (Fsp3) is 0.727. The Hall–Kier alpha value is -0.550. The van der Waals surface area contributed by atoms with Gasteiger partial charge in [0.05, 0.1) is 0 Å². The van der Waals surface area contributed by atoms with Gasteiger partial charge in [-0.05, 0) is 12.8 Å². The van der Waals surface area contributed by atoms with Crippen LogP contribution in [0.5, 0.6) is 0 Å². The summed E-state index contributed by atoms with van der Waals surface area (Å²) >= 11 is 3.58. The molecule has 0 aliphatic carbocycles. The molecule has 16 heavy (non-hydrogen) atoms. The van der Waals surface area contributed by atoms with Crippen LogP contribution in [-0.2, 0) is 18.3 Å². The van der Waals surface area contributed by atoms with Crippen LogP contribution in [0.4, 0.5) is 0 Å². The van der Waals surface area contributed by atoms with Gasteiger partial charge < -0.3 is 9.30 Å². The molecule has 0 unspecified atom stereocenters. The molecule has 0 atom stereocenters. The number of nitrogens with zero attached hydrogens (tertiary/aromatic N) is 2. The molecule has 1 aliphatic heterocycles. The van der Waals surface area contributed by atoms with Crippen LogP contribution >= 0.6 is 15.9 Å². The van der Waals surface area contributed by atoms with Gasteiger partial charge in [-0.15, -0.1) is 0 Å². The number of aryl methyl sites for hydroxylation is 1. The SMILES string of the molecule is Cn1ccn(CC2(CBr)CCOCC2)c1=O. The summed E-state index contributed by atoms with van der Waals surface area (Å²) in [6, 6.07) is 0. The maximum absolute atomic E-state index is 11.8. The van der Waals surface area contributed by atoms with Crippen LogP contribution < -0.4 is 5.69 Å². The number of aromatic nitrogens is 2. The van der Waals surface area contributed by atoms with E-state index in [1.165, 1.54) is 0 Å². The maximum atomic E-state index is 11.8. The van der Waals surface area contributed by atoms with Gasteiger partial charge in [-0.1, -0.05) is 15.9 Å². The lowest BCUT2D eigenvalue weighted by Crippen LogP contribution is -2.38. The summed E-state index contributed by atoms with van der Waals surface area (Å²) in [6.45, 7) is 2.38. The third kappa shape index (κ3) is 2.25. The van der Waals surface area contributed by atoms with Gasteiger partial charge in [0.25, 0.3) is 0 Å². The summed E-state index contributed by atoms with van der Waals surface area (Å²) in [5, 5.41) is 0.921. The molecule has 1 fully saturated rings. The molecule has 0 radical (unpaired) electrons. The zero-order valence-electron chi connectivity index (χ0n) is 9.49. The highest BCUT2D eigenvalue weighted by molar-refractivity contribution is 9.09. The highest BCUT2D eigenvalue weighted by atomic mass is 79.9. The maximum Gasteiger partial charge on any atom is 0.327 e. The molecule has 2 rings (SSSR count). The first kappa shape index (κ1) is 11.9. The van der Waals surface area contributed by atoms with Gasteiger partial charge in [-0.2, -0.15) is 0 Å². The van der Waals surface area contributed by atoms with Gasteiger partial charge in [-0.3, -0.25) is 4.57 Å². The number of hydrogen-bond donors (Lipinski definition) is 0. The minimum Gasteiger partial charge on any atom is -0.381 e. The minimum absolute atomic E-state index is 0.0619. The van der Waals surface area contributed by atoms with Crippen molar-refractivity contribution >= 4 is 15.9 Å². The number of hydrogen-bond acceptors (Lipinski definition) is 2. The van der Waals surface area contributed by atoms with E-state index < -0.39 is 0 Å². The number of alkyl halides is 1. The van der Waals surface area contributed by atoms with Crippen molar-refractivity contribution in [3.05, 3.63) is 22.9 Å². The van der Waals surface area contributed by atoms with Crippen LogP contribution in [0.1, 0.15) is 12.8 Å². The fourth-order valence-corrected chi connectivity index (χ4v) is 2.87. The number of ether oxygens (including phenoxy) is 1. The van der Waals surface area contributed by atoms with Gasteiger partial charge in [0.2, 0.25) is 0 Å². The Morgan fingerprint density at radius 3 is 2.62 bits per heavy atom. The molecule has 90 valence electrons. The fourth-order valence-electron chi connectivity index (χ4n) is 2.13. The highest BCUT2D eigenvalue weighted by Gasteiger charge is 2.32. The number of halogens is 1. The van der Waals surface area contributed by atoms with Crippen molar-refractivity contribution in [2.75, 3.05) is 18.5 Å². The molecule has 0 N–H and O–H groups in total. The van der Waals surface area contributed by atoms with Gasteiger partial charge in [0, 0.05) is 49.9 Å². The van der Waals surface area contributed by atoms with E-state index in [-0.39, 0.29) is 11.1 Å². The minimum atomic E-state index is 0.0619. The summed E-state index contributed by atoms with van der Waals surface area (Å²) in [5.74, 6) is 0. The van der Waals surface area contributed by atoms with Gasteiger partial charge in [0.15, 0.2) is 0 Å². The topological polar surface area (TPSA) is 36.2 Å². The van der Waals surface area contributed by atoms with Crippen molar-refractivity contribution in [1.82, 2.24) is 9.13 Å². The predicted octanol–water partition coefficient (Wildman–Crippen LogP) is 1.38. The average Bonchev–Trinajstić information content (AvgIpc) is 2.62. The molecular weight excluding hydrogens is 272 g/mol. The van der Waals surface area contributed by atoms with E-state index in [0.29, 0.717) is 0 Å². The van der Waals surface area contributed by atoms with Crippen LogP contribution in [0.25, 0.3) is 0 Å². The molecule has 0 bridgehead atoms.